The molecule has 46 atom stereocenters. The van der Waals surface area contributed by atoms with Crippen LogP contribution in [0.2, 0.25) is 0 Å². The van der Waals surface area contributed by atoms with Crippen molar-refractivity contribution in [3.63, 3.8) is 0 Å². The molecule has 0 fully saturated rings. The second-order valence-electron chi connectivity index (χ2n) is 13.4. The first kappa shape index (κ1) is 120. The molecule has 0 amide bonds. The van der Waals surface area contributed by atoms with Crippen LogP contribution >= 0.6 is 670 Å². The molecule has 0 nitrogen and oxygen atoms in total. The van der Waals surface area contributed by atoms with E-state index in [4.69, 9.17) is 0 Å². The van der Waals surface area contributed by atoms with Gasteiger partial charge in [0.05, 0.1) is 0 Å². The lowest BCUT2D eigenvalue weighted by Gasteiger charge is -2.63. The summed E-state index contributed by atoms with van der Waals surface area (Å²) in [5, 5.41) is 0. The molecule has 84 heteroatoms. The highest BCUT2D eigenvalue weighted by Gasteiger charge is 2.65. The standard InChI is InChI=1S/H86P84/c1-44(2)65(43)76(66(45(3)4)46(5)6)81(75(63(39)40)64(41)42)84(82(77(67(47(7)8)48(9)10)68(49(11)12)50(13)14)78(69(51(15)16)52(17)18)70(53(19)20)54(21)22)83(79(71(55(23)24)56(25)26)72(57(27)28)58(29)30)80(73(59(31)32)60(33)34)74(61(35)36)62(37)38/h1-43H2. The molecule has 84 heavy (non-hydrogen) atoms. The van der Waals surface area contributed by atoms with Crippen LogP contribution in [0.3, 0.4) is 0 Å². The molecule has 0 aliphatic rings. The van der Waals surface area contributed by atoms with Gasteiger partial charge >= 0.3 is 0 Å². The number of hydrogen-bond acceptors (Lipinski definition) is 0. The third kappa shape index (κ3) is 42.1. The third-order valence-electron chi connectivity index (χ3n) is 7.43. The molecule has 0 aromatic carbocycles. The minimum atomic E-state index is -0.507. The van der Waals surface area contributed by atoms with Gasteiger partial charge in [0.25, 0.3) is 0 Å². The van der Waals surface area contributed by atoms with Gasteiger partial charge in [0.1, 0.15) is 0 Å². The molecule has 0 heterocycles. The largest absolute Gasteiger partial charge is 0.102 e. The summed E-state index contributed by atoms with van der Waals surface area (Å²) in [6.07, 6.45) is 0. The molecule has 0 radical (unpaired) electrons. The van der Waals surface area contributed by atoms with E-state index < -0.39 is 69.9 Å². The Bertz CT molecular complexity index is 1330. The van der Waals surface area contributed by atoms with Crippen LogP contribution in [0.4, 0.5) is 0 Å². The zero-order chi connectivity index (χ0) is 66.7. The predicted octanol–water partition coefficient (Wildman–Crippen LogP) is 49.3. The van der Waals surface area contributed by atoms with Crippen molar-refractivity contribution in [2.24, 2.45) is 0 Å². The van der Waals surface area contributed by atoms with E-state index in [9.17, 15) is 0 Å². The normalized spacial score (nSPS) is 15.7. The Balaban J connectivity index is 13.1. The van der Waals surface area contributed by atoms with Crippen molar-refractivity contribution < 1.29 is 0 Å². The summed E-state index contributed by atoms with van der Waals surface area (Å²) < 4.78 is 0. The molecular formula is H86P84. The molecule has 0 saturated carbocycles. The molecular weight excluding hydrogens is 2600 g/mol. The van der Waals surface area contributed by atoms with E-state index >= 15 is 0 Å². The highest BCUT2D eigenvalue weighted by atomic mass is 33.6. The minimum Gasteiger partial charge on any atom is -0.102 e. The molecule has 0 aromatic heterocycles. The first-order valence-corrected chi connectivity index (χ1v) is 172. The molecule has 506 valence electrons. The summed E-state index contributed by atoms with van der Waals surface area (Å²) >= 11 is 0. The summed E-state index contributed by atoms with van der Waals surface area (Å²) in [6.45, 7) is -15.2. The van der Waals surface area contributed by atoms with Gasteiger partial charge in [0.15, 0.2) is 0 Å². The Kier molecular flexibility index (Phi) is 93.9. The average Bonchev–Trinajstić information content (AvgIpc) is 3.26. The Morgan fingerprint density at radius 2 is 0.143 bits per heavy atom. The number of hydrogen-bond donors (Lipinski definition) is 0. The van der Waals surface area contributed by atoms with Crippen LogP contribution in [0.15, 0.2) is 0 Å². The summed E-state index contributed by atoms with van der Waals surface area (Å²) in [4.78, 5) is 0. The van der Waals surface area contributed by atoms with E-state index in [1.165, 1.54) is 0 Å². The van der Waals surface area contributed by atoms with E-state index in [2.05, 4.69) is 384 Å². The van der Waals surface area contributed by atoms with E-state index in [0.29, 0.717) is 0 Å². The van der Waals surface area contributed by atoms with Crippen molar-refractivity contribution in [3.8, 4) is 0 Å². The quantitative estimate of drug-likeness (QED) is 0.0537. The molecule has 0 aliphatic carbocycles. The Morgan fingerprint density at radius 1 is 0.0714 bits per heavy atom. The van der Waals surface area contributed by atoms with Gasteiger partial charge in [-0.15, -0.1) is 384 Å². The lowest BCUT2D eigenvalue weighted by Crippen LogP contribution is -1.76. The fourth-order valence-corrected chi connectivity index (χ4v) is 1240. The zero-order valence-corrected chi connectivity index (χ0v) is 129. The van der Waals surface area contributed by atoms with Gasteiger partial charge in [0.2, 0.25) is 0 Å². The topological polar surface area (TPSA) is 0 Å². The monoisotopic (exact) mass is 2690 g/mol. The predicted molar refractivity (Wildman–Crippen MR) is 701 cm³/mol. The smallest absolute Gasteiger partial charge is 0.00000352 e. The molecule has 0 rings (SSSR count). The van der Waals surface area contributed by atoms with Crippen molar-refractivity contribution in [3.05, 3.63) is 0 Å². The van der Waals surface area contributed by atoms with Crippen molar-refractivity contribution in [1.82, 2.24) is 0 Å². The lowest BCUT2D eigenvalue weighted by atomic mass is 28.4. The highest BCUT2D eigenvalue weighted by molar-refractivity contribution is 9.58. The fourth-order valence-electron chi connectivity index (χ4n) is 5.09. The number of rotatable bonds is 40. The van der Waals surface area contributed by atoms with Crippen LogP contribution in [-0.4, -0.2) is 0 Å². The second-order valence-corrected chi connectivity index (χ2v) is 362. The van der Waals surface area contributed by atoms with Gasteiger partial charge in [-0.3, -0.25) is 0 Å². The van der Waals surface area contributed by atoms with Gasteiger partial charge < -0.3 is 0 Å². The van der Waals surface area contributed by atoms with Gasteiger partial charge in [-0.2, -0.15) is 0 Å². The van der Waals surface area contributed by atoms with Crippen LogP contribution in [0.5, 0.6) is 0 Å². The molecule has 0 saturated heterocycles. The maximum absolute atomic E-state index is 3.94. The van der Waals surface area contributed by atoms with Crippen LogP contribution in [0.25, 0.3) is 0 Å². The summed E-state index contributed by atoms with van der Waals surface area (Å²) in [5.41, 5.74) is 0. The van der Waals surface area contributed by atoms with Gasteiger partial charge in [-0.25, -0.2) is 0 Å². The maximum atomic E-state index is 3.94. The van der Waals surface area contributed by atoms with Crippen LogP contribution in [0, 0.1) is 0 Å². The van der Waals surface area contributed by atoms with Crippen LogP contribution in [0.1, 0.15) is 0 Å². The molecule has 0 bridgehead atoms. The van der Waals surface area contributed by atoms with Crippen molar-refractivity contribution in [2.75, 3.05) is 0 Å². The van der Waals surface area contributed by atoms with E-state index in [1.807, 2.05) is 0 Å². The Hall–Kier alpha value is 36.1. The SMILES string of the molecule is PP(P)P(P)P(P(P(P)P)P(P)P)P(P(P(P)P)P(P)P)P(P(P(P(P(P)P)P(P)P)P(P(P)P)P(P)P)P(P(P(P)P)P(P)P)P(P(P)P)P(P)P)P(P(P(P(P)P)P(P)P)P(P(P)P)P(P)P)P(P(P(P)P)P(P)P)P(P(P)P)P(P)P. The molecule has 0 aliphatic heterocycles. The lowest BCUT2D eigenvalue weighted by molar-refractivity contribution is 4.30. The fraction of sp³-hybridized carbons (Fsp3) is 0. The second kappa shape index (κ2) is 65.6. The van der Waals surface area contributed by atoms with E-state index in [-0.39, 0.29) is 217 Å². The first-order valence-electron chi connectivity index (χ1n) is 19.1. The highest BCUT2D eigenvalue weighted by Crippen LogP contribution is 3.52. The average molecular weight is 2690 g/mol. The summed E-state index contributed by atoms with van der Waals surface area (Å²) in [6, 6.07) is 0. The minimum absolute atomic E-state index is 0.302. The van der Waals surface area contributed by atoms with E-state index in [1.54, 1.807) is 0 Å². The Morgan fingerprint density at radius 3 is 0.226 bits per heavy atom. The third-order valence-corrected chi connectivity index (χ3v) is 602. The van der Waals surface area contributed by atoms with Gasteiger partial charge in [0, 0.05) is 0 Å². The van der Waals surface area contributed by atoms with E-state index in [0.717, 1.165) is 0 Å². The molecule has 46 unspecified atom stereocenters. The summed E-state index contributed by atoms with van der Waals surface area (Å²) in [7, 11) is 160. The van der Waals surface area contributed by atoms with Crippen LogP contribution < -0.4 is 0 Å². The van der Waals surface area contributed by atoms with Crippen molar-refractivity contribution in [2.45, 2.75) is 0 Å². The maximum Gasteiger partial charge on any atom is -0.00000352 e. The molecule has 0 N–H and O–H groups in total. The van der Waals surface area contributed by atoms with Gasteiger partial charge in [-0.05, 0) is 286 Å². The molecule has 0 spiro atoms. The summed E-state index contributed by atoms with van der Waals surface area (Å²) in [5.74, 6) is 0. The Labute approximate surface area is 659 Å². The van der Waals surface area contributed by atoms with Gasteiger partial charge in [-0.1, -0.05) is 0 Å². The zero-order valence-electron chi connectivity index (χ0n) is 43.2. The molecule has 0 aromatic rings. The van der Waals surface area contributed by atoms with Crippen molar-refractivity contribution >= 4 is 670 Å². The van der Waals surface area contributed by atoms with Crippen LogP contribution in [-0.2, 0) is 0 Å². The van der Waals surface area contributed by atoms with Crippen molar-refractivity contribution in [1.29, 1.82) is 0 Å². The first-order chi connectivity index (χ1) is 38.2.